The summed E-state index contributed by atoms with van der Waals surface area (Å²) in [4.78, 5) is 18.9. The average Bonchev–Trinajstić information content (AvgIpc) is 3.02. The number of fused-ring (bicyclic) bond motifs is 1. The fourth-order valence-corrected chi connectivity index (χ4v) is 4.21. The average molecular weight is 389 g/mol. The molecule has 1 fully saturated rings. The van der Waals surface area contributed by atoms with Crippen LogP contribution in [-0.2, 0) is 4.79 Å². The van der Waals surface area contributed by atoms with E-state index >= 15 is 0 Å². The second-order valence-electron chi connectivity index (χ2n) is 6.96. The molecule has 2 aliphatic rings. The highest BCUT2D eigenvalue weighted by atomic mass is 32.2. The van der Waals surface area contributed by atoms with E-state index in [0.29, 0.717) is 23.3 Å². The number of nitrogens with zero attached hydrogens (tertiary/aromatic N) is 2. The van der Waals surface area contributed by atoms with Crippen LogP contribution in [0.3, 0.4) is 0 Å². The lowest BCUT2D eigenvalue weighted by Crippen LogP contribution is -2.50. The van der Waals surface area contributed by atoms with Gasteiger partial charge in [-0.2, -0.15) is 0 Å². The number of carbonyl (C=O) groups is 1. The van der Waals surface area contributed by atoms with Crippen molar-refractivity contribution in [2.24, 2.45) is 10.9 Å². The maximum atomic E-state index is 12.1. The summed E-state index contributed by atoms with van der Waals surface area (Å²) >= 11 is 1.38. The lowest BCUT2D eigenvalue weighted by molar-refractivity contribution is -0.118. The van der Waals surface area contributed by atoms with E-state index in [1.807, 2.05) is 36.1 Å². The summed E-state index contributed by atoms with van der Waals surface area (Å²) in [6.45, 7) is 6.89. The third-order valence-corrected chi connectivity index (χ3v) is 5.83. The van der Waals surface area contributed by atoms with Crippen molar-refractivity contribution in [2.75, 3.05) is 17.2 Å². The Bertz CT molecular complexity index is 737. The molecule has 1 aromatic rings. The molecule has 3 atom stereocenters. The fourth-order valence-electron chi connectivity index (χ4n) is 3.33. The van der Waals surface area contributed by atoms with E-state index in [2.05, 4.69) is 30.0 Å². The molecule has 2 heterocycles. The number of hydrogen-bond acceptors (Lipinski definition) is 6. The number of rotatable bonds is 6. The van der Waals surface area contributed by atoms with E-state index in [-0.39, 0.29) is 24.0 Å². The molecular formula is C19H28N6OS. The number of thioether (sulfide) groups is 1. The highest BCUT2D eigenvalue weighted by Crippen LogP contribution is 2.32. The highest BCUT2D eigenvalue weighted by Gasteiger charge is 2.43. The number of anilines is 1. The van der Waals surface area contributed by atoms with Gasteiger partial charge >= 0.3 is 0 Å². The molecule has 3 unspecified atom stereocenters. The standard InChI is InChI=1S/C19H28N6OS/c1-4-5-10-21-15(26)11-27-19-22-18-16(13(3)23-24-18)17(20)25(19)14-9-7-6-8-12(14)2/h6-9,13,16,18,20,23-24H,4-5,10-11H2,1-3H3,(H,21,26). The molecule has 3 rings (SSSR count). The maximum absolute atomic E-state index is 12.1. The van der Waals surface area contributed by atoms with Gasteiger partial charge in [0.15, 0.2) is 5.17 Å². The van der Waals surface area contributed by atoms with Gasteiger partial charge in [-0.3, -0.25) is 20.5 Å². The van der Waals surface area contributed by atoms with Crippen molar-refractivity contribution < 1.29 is 4.79 Å². The quantitative estimate of drug-likeness (QED) is 0.561. The van der Waals surface area contributed by atoms with Crippen molar-refractivity contribution in [3.8, 4) is 0 Å². The van der Waals surface area contributed by atoms with Crippen LogP contribution in [0, 0.1) is 18.3 Å². The molecule has 1 saturated heterocycles. The number of amides is 1. The second-order valence-corrected chi connectivity index (χ2v) is 7.90. The van der Waals surface area contributed by atoms with E-state index in [1.165, 1.54) is 11.8 Å². The molecule has 0 spiro atoms. The molecule has 1 aromatic carbocycles. The molecule has 1 amide bonds. The van der Waals surface area contributed by atoms with Gasteiger partial charge in [-0.25, -0.2) is 10.4 Å². The monoisotopic (exact) mass is 388 g/mol. The number of aryl methyl sites for hydroxylation is 1. The number of benzene rings is 1. The van der Waals surface area contributed by atoms with Crippen LogP contribution < -0.4 is 21.1 Å². The first-order valence-corrected chi connectivity index (χ1v) is 10.4. The molecule has 0 radical (unpaired) electrons. The van der Waals surface area contributed by atoms with E-state index in [1.54, 1.807) is 0 Å². The Morgan fingerprint density at radius 3 is 2.89 bits per heavy atom. The lowest BCUT2D eigenvalue weighted by atomic mass is 9.96. The Morgan fingerprint density at radius 2 is 2.15 bits per heavy atom. The molecule has 146 valence electrons. The Balaban J connectivity index is 1.82. The number of amidine groups is 2. The Labute approximate surface area is 164 Å². The van der Waals surface area contributed by atoms with E-state index in [9.17, 15) is 4.79 Å². The Morgan fingerprint density at radius 1 is 1.37 bits per heavy atom. The van der Waals surface area contributed by atoms with Crippen molar-refractivity contribution in [1.82, 2.24) is 16.2 Å². The van der Waals surface area contributed by atoms with Gasteiger partial charge in [-0.05, 0) is 31.9 Å². The molecule has 4 N–H and O–H groups in total. The maximum Gasteiger partial charge on any atom is 0.230 e. The van der Waals surface area contributed by atoms with Gasteiger partial charge in [-0.1, -0.05) is 43.3 Å². The Hall–Kier alpha value is -1.90. The number of aliphatic imine (C=N–C) groups is 1. The first kappa shape index (κ1) is 19.9. The minimum Gasteiger partial charge on any atom is -0.355 e. The number of unbranched alkanes of at least 4 members (excludes halogenated alkanes) is 1. The summed E-state index contributed by atoms with van der Waals surface area (Å²) in [5.41, 5.74) is 8.37. The predicted octanol–water partition coefficient (Wildman–Crippen LogP) is 2.24. The second kappa shape index (κ2) is 8.86. The topological polar surface area (TPSA) is 92.6 Å². The van der Waals surface area contributed by atoms with Crippen LogP contribution in [0.1, 0.15) is 32.3 Å². The van der Waals surface area contributed by atoms with Gasteiger partial charge in [0.25, 0.3) is 0 Å². The van der Waals surface area contributed by atoms with Crippen molar-refractivity contribution in [1.29, 1.82) is 5.41 Å². The highest BCUT2D eigenvalue weighted by molar-refractivity contribution is 8.14. The first-order chi connectivity index (χ1) is 13.0. The third-order valence-electron chi connectivity index (χ3n) is 4.88. The summed E-state index contributed by atoms with van der Waals surface area (Å²) in [6, 6.07) is 8.10. The lowest BCUT2D eigenvalue weighted by Gasteiger charge is -2.36. The van der Waals surface area contributed by atoms with E-state index < -0.39 is 0 Å². The molecule has 7 nitrogen and oxygen atoms in total. The summed E-state index contributed by atoms with van der Waals surface area (Å²) in [7, 11) is 0. The van der Waals surface area contributed by atoms with Crippen molar-refractivity contribution in [2.45, 2.75) is 45.8 Å². The molecule has 8 heteroatoms. The molecule has 0 aliphatic carbocycles. The van der Waals surface area contributed by atoms with Crippen LogP contribution >= 0.6 is 11.8 Å². The summed E-state index contributed by atoms with van der Waals surface area (Å²) in [5.74, 6) is 0.745. The minimum absolute atomic E-state index is 0.000381. The SMILES string of the molecule is CCCCNC(=O)CSC1=NC2NNC(C)C2C(=N)N1c1ccccc1C. The van der Waals surface area contributed by atoms with Crippen LogP contribution in [0.5, 0.6) is 0 Å². The molecule has 2 aliphatic heterocycles. The van der Waals surface area contributed by atoms with Crippen LogP contribution in [0.2, 0.25) is 0 Å². The van der Waals surface area contributed by atoms with Gasteiger partial charge in [0.05, 0.1) is 17.4 Å². The van der Waals surface area contributed by atoms with Crippen LogP contribution in [-0.4, -0.2) is 41.4 Å². The number of para-hydroxylation sites is 1. The molecule has 0 aromatic heterocycles. The summed E-state index contributed by atoms with van der Waals surface area (Å²) in [6.07, 6.45) is 1.85. The summed E-state index contributed by atoms with van der Waals surface area (Å²) in [5, 5.41) is 12.5. The Kier molecular flexibility index (Phi) is 6.51. The molecule has 0 saturated carbocycles. The van der Waals surface area contributed by atoms with Gasteiger partial charge in [0.1, 0.15) is 12.0 Å². The van der Waals surface area contributed by atoms with Crippen LogP contribution in [0.4, 0.5) is 5.69 Å². The summed E-state index contributed by atoms with van der Waals surface area (Å²) < 4.78 is 0. The van der Waals surface area contributed by atoms with Gasteiger partial charge in [-0.15, -0.1) is 0 Å². The molecule has 27 heavy (non-hydrogen) atoms. The van der Waals surface area contributed by atoms with Crippen LogP contribution in [0.15, 0.2) is 29.3 Å². The number of carbonyl (C=O) groups excluding carboxylic acids is 1. The van der Waals surface area contributed by atoms with Gasteiger partial charge < -0.3 is 5.32 Å². The molecule has 0 bridgehead atoms. The van der Waals surface area contributed by atoms with Crippen LogP contribution in [0.25, 0.3) is 0 Å². The molecular weight excluding hydrogens is 360 g/mol. The van der Waals surface area contributed by atoms with Crippen molar-refractivity contribution in [3.05, 3.63) is 29.8 Å². The normalized spacial score (nSPS) is 24.6. The van der Waals surface area contributed by atoms with Crippen molar-refractivity contribution >= 4 is 34.4 Å². The zero-order valence-electron chi connectivity index (χ0n) is 16.1. The van der Waals surface area contributed by atoms with E-state index in [4.69, 9.17) is 10.4 Å². The zero-order chi connectivity index (χ0) is 19.4. The number of nitrogens with one attached hydrogen (secondary N) is 4. The van der Waals surface area contributed by atoms with Gasteiger partial charge in [0, 0.05) is 12.6 Å². The van der Waals surface area contributed by atoms with Crippen molar-refractivity contribution in [3.63, 3.8) is 0 Å². The minimum atomic E-state index is -0.182. The first-order valence-electron chi connectivity index (χ1n) is 9.45. The van der Waals surface area contributed by atoms with E-state index in [0.717, 1.165) is 24.1 Å². The largest absolute Gasteiger partial charge is 0.355 e. The smallest absolute Gasteiger partial charge is 0.230 e. The zero-order valence-corrected chi connectivity index (χ0v) is 16.9. The number of hydrogen-bond donors (Lipinski definition) is 4. The third kappa shape index (κ3) is 4.34. The fraction of sp³-hybridized carbons (Fsp3) is 0.526. The predicted molar refractivity (Wildman–Crippen MR) is 112 cm³/mol. The van der Waals surface area contributed by atoms with Gasteiger partial charge in [0.2, 0.25) is 5.91 Å². The number of hydrazine groups is 1.